The highest BCUT2D eigenvalue weighted by atomic mass is 16.6. The number of hydrogen-bond acceptors (Lipinski definition) is 7. The second-order valence-corrected chi connectivity index (χ2v) is 6.15. The highest BCUT2D eigenvalue weighted by Crippen LogP contribution is 2.25. The van der Waals surface area contributed by atoms with E-state index in [2.05, 4.69) is 4.74 Å². The van der Waals surface area contributed by atoms with Crippen molar-refractivity contribution in [2.75, 3.05) is 20.3 Å². The van der Waals surface area contributed by atoms with E-state index in [0.717, 1.165) is 4.90 Å². The molecule has 0 aromatic carbocycles. The average Bonchev–Trinajstić information content (AvgIpc) is 2.44. The van der Waals surface area contributed by atoms with E-state index >= 15 is 0 Å². The number of carbonyl (C=O) groups excluding carboxylic acids is 4. The Balaban J connectivity index is 2.99. The van der Waals surface area contributed by atoms with Gasteiger partial charge in [-0.1, -0.05) is 0 Å². The lowest BCUT2D eigenvalue weighted by molar-refractivity contribution is -0.159. The first-order valence-electron chi connectivity index (χ1n) is 7.37. The molecular weight excluding hydrogens is 306 g/mol. The van der Waals surface area contributed by atoms with Crippen LogP contribution in [0.2, 0.25) is 0 Å². The van der Waals surface area contributed by atoms with E-state index < -0.39 is 47.9 Å². The van der Waals surface area contributed by atoms with Gasteiger partial charge in [-0.3, -0.25) is 14.5 Å². The Morgan fingerprint density at radius 2 is 1.83 bits per heavy atom. The van der Waals surface area contributed by atoms with Crippen molar-refractivity contribution >= 4 is 23.8 Å². The molecule has 0 aliphatic carbocycles. The first-order valence-corrected chi connectivity index (χ1v) is 7.37. The van der Waals surface area contributed by atoms with Crippen molar-refractivity contribution in [3.05, 3.63) is 0 Å². The molecule has 1 amide bonds. The van der Waals surface area contributed by atoms with Crippen molar-refractivity contribution in [1.82, 2.24) is 4.90 Å². The number of carbonyl (C=O) groups is 4. The molecule has 2 unspecified atom stereocenters. The van der Waals surface area contributed by atoms with E-state index in [1.165, 1.54) is 7.11 Å². The molecule has 1 fully saturated rings. The maximum Gasteiger partial charge on any atom is 0.411 e. The van der Waals surface area contributed by atoms with Crippen LogP contribution in [0.5, 0.6) is 0 Å². The number of nitrogens with zero attached hydrogens (tertiary/aromatic N) is 1. The monoisotopic (exact) mass is 329 g/mol. The Morgan fingerprint density at radius 3 is 2.30 bits per heavy atom. The maximum absolute atomic E-state index is 12.2. The number of Topliss-reactive ketones (excluding diaryl/α,β-unsaturated/α-hetero) is 1. The molecule has 8 nitrogen and oxygen atoms in total. The Labute approximate surface area is 135 Å². The van der Waals surface area contributed by atoms with Crippen LogP contribution in [-0.2, 0) is 28.6 Å². The zero-order valence-electron chi connectivity index (χ0n) is 14.1. The third-order valence-electron chi connectivity index (χ3n) is 3.22. The lowest BCUT2D eigenvalue weighted by Crippen LogP contribution is -2.56. The van der Waals surface area contributed by atoms with Crippen LogP contribution in [0.25, 0.3) is 0 Å². The lowest BCUT2D eigenvalue weighted by Gasteiger charge is -2.36. The van der Waals surface area contributed by atoms with E-state index in [1.54, 1.807) is 27.7 Å². The third-order valence-corrected chi connectivity index (χ3v) is 3.22. The Bertz CT molecular complexity index is 495. The van der Waals surface area contributed by atoms with Crippen molar-refractivity contribution in [3.63, 3.8) is 0 Å². The van der Waals surface area contributed by atoms with Gasteiger partial charge >= 0.3 is 18.0 Å². The molecule has 1 saturated heterocycles. The summed E-state index contributed by atoms with van der Waals surface area (Å²) < 4.78 is 14.7. The summed E-state index contributed by atoms with van der Waals surface area (Å²) in [5.41, 5.74) is -0.779. The molecule has 0 aromatic heterocycles. The van der Waals surface area contributed by atoms with Crippen molar-refractivity contribution in [1.29, 1.82) is 0 Å². The third kappa shape index (κ3) is 4.94. The average molecular weight is 329 g/mol. The SMILES string of the molecule is CCOC(=O)C1CC(C(=O)OC)N(C(=O)OC(C)(C)C)CC1=O. The quantitative estimate of drug-likeness (QED) is 0.431. The Kier molecular flexibility index (Phi) is 6.12. The van der Waals surface area contributed by atoms with E-state index in [1.807, 2.05) is 0 Å². The van der Waals surface area contributed by atoms with Crippen LogP contribution < -0.4 is 0 Å². The number of amides is 1. The fourth-order valence-corrected chi connectivity index (χ4v) is 2.21. The molecule has 2 atom stereocenters. The number of ether oxygens (including phenoxy) is 3. The van der Waals surface area contributed by atoms with Gasteiger partial charge in [-0.05, 0) is 34.1 Å². The number of esters is 2. The molecule has 1 heterocycles. The number of hydrogen-bond donors (Lipinski definition) is 0. The van der Waals surface area contributed by atoms with Gasteiger partial charge in [0.1, 0.15) is 17.6 Å². The molecule has 1 aliphatic heterocycles. The van der Waals surface area contributed by atoms with Crippen LogP contribution in [0.3, 0.4) is 0 Å². The second kappa shape index (κ2) is 7.43. The smallest absolute Gasteiger partial charge is 0.411 e. The van der Waals surface area contributed by atoms with Gasteiger partial charge in [0.25, 0.3) is 0 Å². The Morgan fingerprint density at radius 1 is 1.22 bits per heavy atom. The molecule has 0 bridgehead atoms. The zero-order valence-corrected chi connectivity index (χ0v) is 14.1. The van der Waals surface area contributed by atoms with Crippen molar-refractivity contribution in [3.8, 4) is 0 Å². The normalized spacial score (nSPS) is 21.6. The molecule has 23 heavy (non-hydrogen) atoms. The Hall–Kier alpha value is -2.12. The van der Waals surface area contributed by atoms with Gasteiger partial charge in [0.05, 0.1) is 20.3 Å². The maximum atomic E-state index is 12.2. The van der Waals surface area contributed by atoms with E-state index in [-0.39, 0.29) is 13.0 Å². The highest BCUT2D eigenvalue weighted by Gasteiger charge is 2.45. The van der Waals surface area contributed by atoms with Crippen LogP contribution in [0.15, 0.2) is 0 Å². The first-order chi connectivity index (χ1) is 10.6. The minimum Gasteiger partial charge on any atom is -0.467 e. The molecule has 8 heteroatoms. The zero-order chi connectivity index (χ0) is 17.8. The summed E-state index contributed by atoms with van der Waals surface area (Å²) in [5.74, 6) is -2.99. The summed E-state index contributed by atoms with van der Waals surface area (Å²) in [6, 6.07) is -1.07. The van der Waals surface area contributed by atoms with Crippen molar-refractivity contribution in [2.24, 2.45) is 5.92 Å². The molecule has 1 aliphatic rings. The van der Waals surface area contributed by atoms with Crippen LogP contribution >= 0.6 is 0 Å². The van der Waals surface area contributed by atoms with Gasteiger partial charge in [0.2, 0.25) is 0 Å². The summed E-state index contributed by atoms with van der Waals surface area (Å²) in [6.45, 7) is 6.36. The predicted molar refractivity (Wildman–Crippen MR) is 78.5 cm³/mol. The fourth-order valence-electron chi connectivity index (χ4n) is 2.21. The standard InChI is InChI=1S/C15H23NO7/c1-6-22-12(18)9-7-10(13(19)21-5)16(8-11(9)17)14(20)23-15(2,3)4/h9-10H,6-8H2,1-5H3. The second-order valence-electron chi connectivity index (χ2n) is 6.15. The summed E-state index contributed by atoms with van der Waals surface area (Å²) >= 11 is 0. The molecule has 0 radical (unpaired) electrons. The number of piperidine rings is 1. The molecule has 130 valence electrons. The van der Waals surface area contributed by atoms with Gasteiger partial charge < -0.3 is 14.2 Å². The molecular formula is C15H23NO7. The van der Waals surface area contributed by atoms with Gasteiger partial charge in [-0.15, -0.1) is 0 Å². The molecule has 0 spiro atoms. The van der Waals surface area contributed by atoms with Crippen LogP contribution in [0.4, 0.5) is 4.79 Å². The predicted octanol–water partition coefficient (Wildman–Crippen LogP) is 0.917. The summed E-state index contributed by atoms with van der Waals surface area (Å²) in [5, 5.41) is 0. The molecule has 0 saturated carbocycles. The molecule has 0 aromatic rings. The minimum atomic E-state index is -1.09. The summed E-state index contributed by atoms with van der Waals surface area (Å²) in [4.78, 5) is 49.1. The van der Waals surface area contributed by atoms with Gasteiger partial charge in [0, 0.05) is 0 Å². The van der Waals surface area contributed by atoms with E-state index in [9.17, 15) is 19.2 Å². The lowest BCUT2D eigenvalue weighted by atomic mass is 9.90. The summed E-state index contributed by atoms with van der Waals surface area (Å²) in [7, 11) is 1.17. The van der Waals surface area contributed by atoms with Gasteiger partial charge in [0.15, 0.2) is 5.78 Å². The highest BCUT2D eigenvalue weighted by molar-refractivity contribution is 6.03. The van der Waals surface area contributed by atoms with Crippen LogP contribution in [0, 0.1) is 5.92 Å². The van der Waals surface area contributed by atoms with Crippen molar-refractivity contribution in [2.45, 2.75) is 45.8 Å². The van der Waals surface area contributed by atoms with Gasteiger partial charge in [-0.25, -0.2) is 9.59 Å². The fraction of sp³-hybridized carbons (Fsp3) is 0.733. The number of likely N-dealkylation sites (tertiary alicyclic amines) is 1. The summed E-state index contributed by atoms with van der Waals surface area (Å²) in [6.07, 6.45) is -0.979. The molecule has 0 N–H and O–H groups in total. The topological polar surface area (TPSA) is 99.2 Å². The van der Waals surface area contributed by atoms with Crippen LogP contribution in [0.1, 0.15) is 34.1 Å². The number of rotatable bonds is 3. The van der Waals surface area contributed by atoms with Crippen LogP contribution in [-0.4, -0.2) is 60.6 Å². The van der Waals surface area contributed by atoms with E-state index in [0.29, 0.717) is 0 Å². The number of ketones is 1. The van der Waals surface area contributed by atoms with Crippen molar-refractivity contribution < 1.29 is 33.4 Å². The van der Waals surface area contributed by atoms with Gasteiger partial charge in [-0.2, -0.15) is 0 Å². The largest absolute Gasteiger partial charge is 0.467 e. The molecule has 1 rings (SSSR count). The minimum absolute atomic E-state index is 0.126. The first kappa shape index (κ1) is 18.9. The number of methoxy groups -OCH3 is 1. The van der Waals surface area contributed by atoms with E-state index in [4.69, 9.17) is 9.47 Å².